The van der Waals surface area contributed by atoms with E-state index in [9.17, 15) is 9.59 Å². The molecule has 2 aromatic carbocycles. The van der Waals surface area contributed by atoms with Crippen LogP contribution in [0.2, 0.25) is 0 Å². The van der Waals surface area contributed by atoms with E-state index in [1.807, 2.05) is 59.2 Å². The summed E-state index contributed by atoms with van der Waals surface area (Å²) in [5, 5.41) is 12.5. The van der Waals surface area contributed by atoms with Gasteiger partial charge in [-0.2, -0.15) is 5.10 Å². The average molecular weight is 493 g/mol. The third kappa shape index (κ3) is 4.31. The smallest absolute Gasteiger partial charge is 0.263 e. The van der Waals surface area contributed by atoms with Crippen LogP contribution in [0.1, 0.15) is 23.0 Å². The number of hydrogen-bond acceptors (Lipinski definition) is 6. The van der Waals surface area contributed by atoms with Gasteiger partial charge in [-0.25, -0.2) is 9.50 Å². The normalized spacial score (nSPS) is 10.8. The first-order valence-corrected chi connectivity index (χ1v) is 11.6. The Morgan fingerprint density at radius 1 is 1.03 bits per heavy atom. The number of hydrogen-bond donors (Lipinski definition) is 3. The van der Waals surface area contributed by atoms with E-state index in [2.05, 4.69) is 33.3 Å². The van der Waals surface area contributed by atoms with Crippen LogP contribution < -0.4 is 17.0 Å². The number of amides is 1. The van der Waals surface area contributed by atoms with E-state index in [-0.39, 0.29) is 16.9 Å². The van der Waals surface area contributed by atoms with Crippen LogP contribution in [-0.2, 0) is 6.42 Å². The molecule has 10 heteroatoms. The maximum Gasteiger partial charge on any atom is 0.263 e. The van der Waals surface area contributed by atoms with Crippen LogP contribution in [0, 0.1) is 0 Å². The second-order valence-corrected chi connectivity index (χ2v) is 8.22. The molecule has 0 spiro atoms. The number of H-pyrrole nitrogens is 1. The second kappa shape index (κ2) is 9.78. The zero-order valence-electron chi connectivity index (χ0n) is 20.0. The summed E-state index contributed by atoms with van der Waals surface area (Å²) in [6.07, 6.45) is 5.67. The number of nitrogens with one attached hydrogen (secondary N) is 1. The largest absolute Gasteiger partial charge is 0.381 e. The molecule has 10 nitrogen and oxygen atoms in total. The number of fused-ring (bicyclic) bond motifs is 2. The zero-order valence-corrected chi connectivity index (χ0v) is 20.0. The van der Waals surface area contributed by atoms with Crippen molar-refractivity contribution in [1.29, 1.82) is 0 Å². The third-order valence-corrected chi connectivity index (χ3v) is 5.96. The number of aromatic amines is 1. The molecule has 4 aromatic heterocycles. The van der Waals surface area contributed by atoms with Crippen molar-refractivity contribution in [3.05, 3.63) is 107 Å². The summed E-state index contributed by atoms with van der Waals surface area (Å²) in [6.45, 7) is 2.07. The molecule has 5 N–H and O–H groups in total. The molecule has 0 aliphatic rings. The molecule has 37 heavy (non-hydrogen) atoms. The fourth-order valence-corrected chi connectivity index (χ4v) is 4.31. The predicted octanol–water partition coefficient (Wildman–Crippen LogP) is 3.35. The van der Waals surface area contributed by atoms with Crippen LogP contribution in [-0.4, -0.2) is 35.3 Å². The summed E-state index contributed by atoms with van der Waals surface area (Å²) < 4.78 is 3.22. The summed E-state index contributed by atoms with van der Waals surface area (Å²) in [4.78, 5) is 28.2. The van der Waals surface area contributed by atoms with Gasteiger partial charge in [0.1, 0.15) is 5.56 Å². The van der Waals surface area contributed by atoms with Crippen molar-refractivity contribution >= 4 is 28.1 Å². The van der Waals surface area contributed by atoms with Gasteiger partial charge in [0.15, 0.2) is 11.5 Å². The maximum atomic E-state index is 13.4. The molecule has 6 aromatic rings. The minimum Gasteiger partial charge on any atom is -0.381 e. The van der Waals surface area contributed by atoms with Crippen LogP contribution in [0.25, 0.3) is 33.4 Å². The Hall–Kier alpha value is -5.25. The van der Waals surface area contributed by atoms with E-state index >= 15 is 0 Å². The fourth-order valence-electron chi connectivity index (χ4n) is 4.31. The molecule has 0 radical (unpaired) electrons. The summed E-state index contributed by atoms with van der Waals surface area (Å²) in [5.41, 5.74) is 14.8. The number of para-hydroxylation sites is 1. The van der Waals surface area contributed by atoms with Gasteiger partial charge in [-0.1, -0.05) is 43.3 Å². The first kappa shape index (κ1) is 23.5. The van der Waals surface area contributed by atoms with E-state index in [4.69, 9.17) is 11.5 Å². The SMILES string of the molecule is CCc1cc2cccc(-c3ccn[nH]3)c2c(=O)n1-c1ccccc1.NC(=O)c1c(N)nn2cccnc12. The number of primary amides is 1. The number of aromatic nitrogens is 6. The Labute approximate surface area is 211 Å². The van der Waals surface area contributed by atoms with E-state index in [0.29, 0.717) is 11.0 Å². The molecule has 1 amide bonds. The maximum absolute atomic E-state index is 13.4. The summed E-state index contributed by atoms with van der Waals surface area (Å²) in [5.74, 6) is -0.516. The highest BCUT2D eigenvalue weighted by molar-refractivity contribution is 6.03. The van der Waals surface area contributed by atoms with Crippen molar-refractivity contribution in [1.82, 2.24) is 29.4 Å². The van der Waals surface area contributed by atoms with Crippen LogP contribution in [0.15, 0.2) is 90.1 Å². The molecule has 184 valence electrons. The first-order chi connectivity index (χ1) is 18.0. The number of nitrogens with zero attached hydrogens (tertiary/aromatic N) is 5. The number of rotatable bonds is 4. The predicted molar refractivity (Wildman–Crippen MR) is 142 cm³/mol. The Kier molecular flexibility index (Phi) is 6.21. The number of pyridine rings is 1. The van der Waals surface area contributed by atoms with Crippen LogP contribution in [0.3, 0.4) is 0 Å². The topological polar surface area (TPSA) is 150 Å². The lowest BCUT2D eigenvalue weighted by molar-refractivity contribution is 0.100. The molecule has 6 rings (SSSR count). The van der Waals surface area contributed by atoms with Crippen molar-refractivity contribution in [2.24, 2.45) is 5.73 Å². The van der Waals surface area contributed by atoms with Crippen molar-refractivity contribution in [3.8, 4) is 16.9 Å². The summed E-state index contributed by atoms with van der Waals surface area (Å²) in [7, 11) is 0. The molecule has 0 atom stereocenters. The lowest BCUT2D eigenvalue weighted by Crippen LogP contribution is -2.22. The lowest BCUT2D eigenvalue weighted by Gasteiger charge is -2.15. The molecule has 0 aliphatic heterocycles. The average Bonchev–Trinajstić information content (AvgIpc) is 3.56. The Bertz CT molecular complexity index is 1770. The Balaban J connectivity index is 0.000000182. The molecule has 0 unspecified atom stereocenters. The van der Waals surface area contributed by atoms with Gasteiger partial charge in [0.2, 0.25) is 0 Å². The molecule has 0 aliphatic carbocycles. The third-order valence-electron chi connectivity index (χ3n) is 5.96. The first-order valence-electron chi connectivity index (χ1n) is 11.6. The lowest BCUT2D eigenvalue weighted by atomic mass is 10.0. The number of nitrogen functional groups attached to an aromatic ring is 1. The molecule has 0 saturated carbocycles. The Morgan fingerprint density at radius 3 is 2.54 bits per heavy atom. The van der Waals surface area contributed by atoms with Crippen LogP contribution >= 0.6 is 0 Å². The van der Waals surface area contributed by atoms with Gasteiger partial charge in [0, 0.05) is 35.5 Å². The quantitative estimate of drug-likeness (QED) is 0.343. The van der Waals surface area contributed by atoms with E-state index in [1.54, 1.807) is 24.7 Å². The standard InChI is InChI=1S/C20H17N3O.C7H7N5O/c1-2-15-13-14-7-6-10-17(18-11-12-21-22-18)19(14)20(24)23(15)16-8-4-3-5-9-16;8-5-4(6(9)13)7-10-2-1-3-12(7)11-5/h3-13H,2H2,1H3,(H,21,22);1-3H,(H2,8,11)(H2,9,13). The molecule has 0 saturated heterocycles. The van der Waals surface area contributed by atoms with Crippen molar-refractivity contribution in [3.63, 3.8) is 0 Å². The van der Waals surface area contributed by atoms with E-state index < -0.39 is 5.91 Å². The van der Waals surface area contributed by atoms with Gasteiger partial charge < -0.3 is 11.5 Å². The van der Waals surface area contributed by atoms with Gasteiger partial charge in [-0.15, -0.1) is 5.10 Å². The van der Waals surface area contributed by atoms with Gasteiger partial charge in [0.05, 0.1) is 11.1 Å². The summed E-state index contributed by atoms with van der Waals surface area (Å²) in [6, 6.07) is 21.4. The Morgan fingerprint density at radius 2 is 1.84 bits per heavy atom. The van der Waals surface area contributed by atoms with Crippen LogP contribution in [0.4, 0.5) is 5.82 Å². The molecular weight excluding hydrogens is 468 g/mol. The van der Waals surface area contributed by atoms with Gasteiger partial charge in [-0.3, -0.25) is 19.3 Å². The van der Waals surface area contributed by atoms with Crippen molar-refractivity contribution in [2.75, 3.05) is 5.73 Å². The van der Waals surface area contributed by atoms with Crippen molar-refractivity contribution in [2.45, 2.75) is 13.3 Å². The fraction of sp³-hybridized carbons (Fsp3) is 0.0741. The number of anilines is 1. The van der Waals surface area contributed by atoms with E-state index in [0.717, 1.165) is 34.4 Å². The molecule has 0 bridgehead atoms. The van der Waals surface area contributed by atoms with Crippen molar-refractivity contribution < 1.29 is 4.79 Å². The highest BCUT2D eigenvalue weighted by Crippen LogP contribution is 2.26. The summed E-state index contributed by atoms with van der Waals surface area (Å²) >= 11 is 0. The molecule has 0 fully saturated rings. The van der Waals surface area contributed by atoms with Crippen LogP contribution in [0.5, 0.6) is 0 Å². The van der Waals surface area contributed by atoms with Gasteiger partial charge in [0.25, 0.3) is 11.5 Å². The second-order valence-electron chi connectivity index (χ2n) is 8.22. The molecule has 4 heterocycles. The number of benzene rings is 2. The van der Waals surface area contributed by atoms with Gasteiger partial charge >= 0.3 is 0 Å². The van der Waals surface area contributed by atoms with Gasteiger partial charge in [-0.05, 0) is 42.1 Å². The number of carbonyl (C=O) groups is 1. The highest BCUT2D eigenvalue weighted by Gasteiger charge is 2.16. The number of nitrogens with two attached hydrogens (primary N) is 2. The zero-order chi connectivity index (χ0) is 25.9. The molecular formula is C27H24N8O2. The van der Waals surface area contributed by atoms with E-state index in [1.165, 1.54) is 4.52 Å². The monoisotopic (exact) mass is 492 g/mol. The highest BCUT2D eigenvalue weighted by atomic mass is 16.1. The minimum absolute atomic E-state index is 0.000694. The number of aryl methyl sites for hydroxylation is 1. The minimum atomic E-state index is -0.619. The number of carbonyl (C=O) groups excluding carboxylic acids is 1.